The van der Waals surface area contributed by atoms with E-state index < -0.39 is 0 Å². The number of aryl methyl sites for hydroxylation is 1. The van der Waals surface area contributed by atoms with Gasteiger partial charge in [-0.3, -0.25) is 0 Å². The highest BCUT2D eigenvalue weighted by Crippen LogP contribution is 2.21. The smallest absolute Gasteiger partial charge is 0.321 e. The van der Waals surface area contributed by atoms with Crippen molar-refractivity contribution in [2.75, 3.05) is 18.4 Å². The Balaban J connectivity index is 1.35. The van der Waals surface area contributed by atoms with E-state index in [9.17, 15) is 4.79 Å². The van der Waals surface area contributed by atoms with Crippen molar-refractivity contribution in [3.63, 3.8) is 0 Å². The SMILES string of the molecule is Cc1ccc(-n2cnnn2)cc1NC(=O)N1CCC(Oc2ncccn2)CC1. The van der Waals surface area contributed by atoms with Gasteiger partial charge in [-0.2, -0.15) is 0 Å². The van der Waals surface area contributed by atoms with Gasteiger partial charge in [-0.25, -0.2) is 19.4 Å². The number of benzene rings is 1. The first kappa shape index (κ1) is 17.8. The first-order chi connectivity index (χ1) is 13.7. The minimum atomic E-state index is -0.133. The second kappa shape index (κ2) is 7.99. The number of rotatable bonds is 4. The van der Waals surface area contributed by atoms with E-state index in [-0.39, 0.29) is 12.1 Å². The third kappa shape index (κ3) is 4.05. The molecule has 0 radical (unpaired) electrons. The quantitative estimate of drug-likeness (QED) is 0.735. The molecule has 2 amide bonds. The predicted octanol–water partition coefficient (Wildman–Crippen LogP) is 1.84. The van der Waals surface area contributed by atoms with Crippen LogP contribution in [0.5, 0.6) is 6.01 Å². The molecule has 2 aromatic heterocycles. The molecular weight excluding hydrogens is 360 g/mol. The summed E-state index contributed by atoms with van der Waals surface area (Å²) >= 11 is 0. The largest absolute Gasteiger partial charge is 0.460 e. The zero-order chi connectivity index (χ0) is 19.3. The summed E-state index contributed by atoms with van der Waals surface area (Å²) in [7, 11) is 0. The summed E-state index contributed by atoms with van der Waals surface area (Å²) in [4.78, 5) is 22.6. The number of tetrazole rings is 1. The number of aromatic nitrogens is 6. The molecule has 28 heavy (non-hydrogen) atoms. The molecule has 1 N–H and O–H groups in total. The molecule has 0 spiro atoms. The van der Waals surface area contributed by atoms with Gasteiger partial charge in [0.25, 0.3) is 0 Å². The van der Waals surface area contributed by atoms with E-state index in [1.165, 1.54) is 6.33 Å². The van der Waals surface area contributed by atoms with Crippen molar-refractivity contribution in [2.45, 2.75) is 25.9 Å². The molecule has 1 saturated heterocycles. The summed E-state index contributed by atoms with van der Waals surface area (Å²) in [6.07, 6.45) is 6.28. The van der Waals surface area contributed by atoms with Gasteiger partial charge in [0.2, 0.25) is 0 Å². The molecule has 1 fully saturated rings. The van der Waals surface area contributed by atoms with Crippen molar-refractivity contribution in [1.82, 2.24) is 35.1 Å². The van der Waals surface area contributed by atoms with Crippen molar-refractivity contribution < 1.29 is 9.53 Å². The molecule has 0 atom stereocenters. The molecule has 3 heterocycles. The van der Waals surface area contributed by atoms with Gasteiger partial charge in [-0.15, -0.1) is 5.10 Å². The van der Waals surface area contributed by atoms with E-state index in [2.05, 4.69) is 30.8 Å². The van der Waals surface area contributed by atoms with Crippen LogP contribution in [0.15, 0.2) is 43.0 Å². The molecule has 144 valence electrons. The van der Waals surface area contributed by atoms with E-state index >= 15 is 0 Å². The Morgan fingerprint density at radius 1 is 1.21 bits per heavy atom. The number of anilines is 1. The fraction of sp³-hybridized carbons (Fsp3) is 0.333. The van der Waals surface area contributed by atoms with Gasteiger partial charge in [0.05, 0.1) is 5.69 Å². The zero-order valence-electron chi connectivity index (χ0n) is 15.4. The van der Waals surface area contributed by atoms with Crippen LogP contribution in [-0.2, 0) is 0 Å². The molecule has 10 heteroatoms. The van der Waals surface area contributed by atoms with E-state index in [0.717, 1.165) is 29.8 Å². The number of hydrogen-bond acceptors (Lipinski definition) is 7. The fourth-order valence-electron chi connectivity index (χ4n) is 3.03. The lowest BCUT2D eigenvalue weighted by atomic mass is 10.1. The van der Waals surface area contributed by atoms with Gasteiger partial charge in [0.1, 0.15) is 12.4 Å². The number of piperidine rings is 1. The molecule has 0 bridgehead atoms. The number of carbonyl (C=O) groups is 1. The normalized spacial score (nSPS) is 14.7. The molecule has 1 aliphatic heterocycles. The standard InChI is InChI=1S/C18H20N8O2/c1-13-3-4-14(26-12-21-23-24-26)11-16(13)22-18(27)25-9-5-15(6-10-25)28-17-19-7-2-8-20-17/h2-4,7-8,11-12,15H,5-6,9-10H2,1H3,(H,22,27). The number of ether oxygens (including phenoxy) is 1. The number of nitrogens with one attached hydrogen (secondary N) is 1. The molecule has 3 aromatic rings. The lowest BCUT2D eigenvalue weighted by Gasteiger charge is -2.31. The topological polar surface area (TPSA) is 111 Å². The van der Waals surface area contributed by atoms with Gasteiger partial charge in [0.15, 0.2) is 0 Å². The van der Waals surface area contributed by atoms with Crippen LogP contribution in [0.4, 0.5) is 10.5 Å². The molecule has 1 aromatic carbocycles. The first-order valence-electron chi connectivity index (χ1n) is 9.02. The van der Waals surface area contributed by atoms with E-state index in [0.29, 0.717) is 19.1 Å². The number of nitrogens with zero attached hydrogens (tertiary/aromatic N) is 7. The van der Waals surface area contributed by atoms with Crippen LogP contribution in [0.25, 0.3) is 5.69 Å². The molecular formula is C18H20N8O2. The number of hydrogen-bond donors (Lipinski definition) is 1. The Bertz CT molecular complexity index is 924. The van der Waals surface area contributed by atoms with Crippen LogP contribution in [0, 0.1) is 6.92 Å². The molecule has 0 saturated carbocycles. The van der Waals surface area contributed by atoms with Crippen molar-refractivity contribution in [2.24, 2.45) is 0 Å². The summed E-state index contributed by atoms with van der Waals surface area (Å²) in [5, 5.41) is 14.1. The average molecular weight is 380 g/mol. The number of likely N-dealkylation sites (tertiary alicyclic amines) is 1. The summed E-state index contributed by atoms with van der Waals surface area (Å²) in [6.45, 7) is 3.16. The van der Waals surface area contributed by atoms with Crippen LogP contribution in [-0.4, -0.2) is 60.3 Å². The molecule has 1 aliphatic rings. The summed E-state index contributed by atoms with van der Waals surface area (Å²) in [5.41, 5.74) is 2.47. The van der Waals surface area contributed by atoms with Gasteiger partial charge in [-0.1, -0.05) is 6.07 Å². The Hall–Kier alpha value is -3.56. The summed E-state index contributed by atoms with van der Waals surface area (Å²) in [5.74, 6) is 0. The number of urea groups is 1. The van der Waals surface area contributed by atoms with E-state index in [1.54, 1.807) is 28.0 Å². The second-order valence-corrected chi connectivity index (χ2v) is 6.52. The maximum atomic E-state index is 12.7. The lowest BCUT2D eigenvalue weighted by molar-refractivity contribution is 0.107. The third-order valence-corrected chi connectivity index (χ3v) is 4.62. The van der Waals surface area contributed by atoms with Crippen molar-refractivity contribution in [1.29, 1.82) is 0 Å². The molecule has 0 unspecified atom stereocenters. The van der Waals surface area contributed by atoms with E-state index in [1.807, 2.05) is 25.1 Å². The number of amides is 2. The number of carbonyl (C=O) groups excluding carboxylic acids is 1. The maximum absolute atomic E-state index is 12.7. The maximum Gasteiger partial charge on any atom is 0.321 e. The highest BCUT2D eigenvalue weighted by atomic mass is 16.5. The first-order valence-corrected chi connectivity index (χ1v) is 9.02. The van der Waals surface area contributed by atoms with Gasteiger partial charge in [0, 0.05) is 44.0 Å². The fourth-order valence-corrected chi connectivity index (χ4v) is 3.03. The minimum absolute atomic E-state index is 0.0105. The highest BCUT2D eigenvalue weighted by Gasteiger charge is 2.24. The molecule has 10 nitrogen and oxygen atoms in total. The predicted molar refractivity (Wildman–Crippen MR) is 100 cm³/mol. The van der Waals surface area contributed by atoms with Crippen LogP contribution < -0.4 is 10.1 Å². The Labute approximate surface area is 161 Å². The minimum Gasteiger partial charge on any atom is -0.460 e. The molecule has 0 aliphatic carbocycles. The zero-order valence-corrected chi connectivity index (χ0v) is 15.4. The second-order valence-electron chi connectivity index (χ2n) is 6.52. The monoisotopic (exact) mass is 380 g/mol. The van der Waals surface area contributed by atoms with Gasteiger partial charge in [-0.05, 0) is 41.1 Å². The van der Waals surface area contributed by atoms with Crippen LogP contribution >= 0.6 is 0 Å². The summed E-state index contributed by atoms with van der Waals surface area (Å²) in [6, 6.07) is 7.66. The lowest BCUT2D eigenvalue weighted by Crippen LogP contribution is -2.44. The van der Waals surface area contributed by atoms with Crippen LogP contribution in [0.2, 0.25) is 0 Å². The Morgan fingerprint density at radius 2 is 2.00 bits per heavy atom. The molecule has 4 rings (SSSR count). The van der Waals surface area contributed by atoms with Crippen LogP contribution in [0.3, 0.4) is 0 Å². The van der Waals surface area contributed by atoms with Crippen molar-refractivity contribution >= 4 is 11.7 Å². The van der Waals surface area contributed by atoms with Crippen LogP contribution in [0.1, 0.15) is 18.4 Å². The Morgan fingerprint density at radius 3 is 2.71 bits per heavy atom. The van der Waals surface area contributed by atoms with Gasteiger partial charge < -0.3 is 15.0 Å². The summed E-state index contributed by atoms with van der Waals surface area (Å²) < 4.78 is 7.32. The van der Waals surface area contributed by atoms with Crippen molar-refractivity contribution in [3.05, 3.63) is 48.5 Å². The average Bonchev–Trinajstić information content (AvgIpc) is 3.26. The van der Waals surface area contributed by atoms with E-state index in [4.69, 9.17) is 4.74 Å². The van der Waals surface area contributed by atoms with Crippen molar-refractivity contribution in [3.8, 4) is 11.7 Å². The van der Waals surface area contributed by atoms with Gasteiger partial charge >= 0.3 is 12.0 Å². The Kier molecular flexibility index (Phi) is 5.09. The highest BCUT2D eigenvalue weighted by molar-refractivity contribution is 5.90. The third-order valence-electron chi connectivity index (χ3n) is 4.62.